The monoisotopic (exact) mass is 383 g/mol. The number of fused-ring (bicyclic) bond motifs is 1. The fourth-order valence-corrected chi connectivity index (χ4v) is 4.33. The molecule has 0 bridgehead atoms. The van der Waals surface area contributed by atoms with E-state index in [4.69, 9.17) is 9.47 Å². The van der Waals surface area contributed by atoms with Crippen molar-refractivity contribution in [2.45, 2.75) is 51.7 Å². The number of aromatic nitrogens is 2. The molecule has 0 N–H and O–H groups in total. The van der Waals surface area contributed by atoms with Crippen LogP contribution in [-0.4, -0.2) is 46.7 Å². The van der Waals surface area contributed by atoms with Gasteiger partial charge in [-0.2, -0.15) is 0 Å². The van der Waals surface area contributed by atoms with Crippen molar-refractivity contribution in [1.82, 2.24) is 14.5 Å². The maximum atomic E-state index is 13.0. The lowest BCUT2D eigenvalue weighted by Gasteiger charge is -2.33. The summed E-state index contributed by atoms with van der Waals surface area (Å²) in [5, 5.41) is 0. The zero-order valence-corrected chi connectivity index (χ0v) is 16.9. The molecule has 1 aromatic heterocycles. The third-order valence-electron chi connectivity index (χ3n) is 5.87. The van der Waals surface area contributed by atoms with E-state index >= 15 is 0 Å². The summed E-state index contributed by atoms with van der Waals surface area (Å²) in [7, 11) is 1.63. The van der Waals surface area contributed by atoms with Crippen LogP contribution in [0.15, 0.2) is 30.6 Å². The van der Waals surface area contributed by atoms with Gasteiger partial charge in [0.15, 0.2) is 17.6 Å². The SMILES string of the molecule is COc1cccc2c1OC(C(=O)N1CCC(Cn3ccnc3C(C)C)CC1)C2. The van der Waals surface area contributed by atoms with Crippen molar-refractivity contribution >= 4 is 5.91 Å². The van der Waals surface area contributed by atoms with Gasteiger partial charge in [-0.3, -0.25) is 4.79 Å². The molecule has 6 heteroatoms. The first kappa shape index (κ1) is 18.8. The number of hydrogen-bond acceptors (Lipinski definition) is 4. The molecule has 1 saturated heterocycles. The molecule has 0 aliphatic carbocycles. The van der Waals surface area contributed by atoms with E-state index < -0.39 is 6.10 Å². The minimum Gasteiger partial charge on any atom is -0.493 e. The summed E-state index contributed by atoms with van der Waals surface area (Å²) >= 11 is 0. The second-order valence-corrected chi connectivity index (χ2v) is 8.12. The Hall–Kier alpha value is -2.50. The summed E-state index contributed by atoms with van der Waals surface area (Å²) < 4.78 is 13.6. The highest BCUT2D eigenvalue weighted by molar-refractivity contribution is 5.83. The van der Waals surface area contributed by atoms with Crippen molar-refractivity contribution in [2.75, 3.05) is 20.2 Å². The molecular weight excluding hydrogens is 354 g/mol. The molecule has 1 fully saturated rings. The number of carbonyl (C=O) groups excluding carboxylic acids is 1. The number of para-hydroxylation sites is 1. The first-order valence-corrected chi connectivity index (χ1v) is 10.2. The lowest BCUT2D eigenvalue weighted by atomic mass is 9.96. The standard InChI is InChI=1S/C22H29N3O3/c1-15(2)21-23-9-12-25(21)14-16-7-10-24(11-8-16)22(26)19-13-17-5-4-6-18(27-3)20(17)28-19/h4-6,9,12,15-16,19H,7-8,10-11,13-14H2,1-3H3. The molecule has 6 nitrogen and oxygen atoms in total. The normalized spacial score (nSPS) is 19.6. The Morgan fingerprint density at radius 1 is 1.32 bits per heavy atom. The van der Waals surface area contributed by atoms with Crippen molar-refractivity contribution in [3.05, 3.63) is 42.0 Å². The number of likely N-dealkylation sites (tertiary alicyclic amines) is 1. The largest absolute Gasteiger partial charge is 0.493 e. The van der Waals surface area contributed by atoms with Crippen LogP contribution in [0.3, 0.4) is 0 Å². The van der Waals surface area contributed by atoms with Gasteiger partial charge in [0.2, 0.25) is 0 Å². The van der Waals surface area contributed by atoms with Crippen molar-refractivity contribution in [3.8, 4) is 11.5 Å². The Balaban J connectivity index is 1.33. The zero-order valence-electron chi connectivity index (χ0n) is 16.9. The Morgan fingerprint density at radius 2 is 2.11 bits per heavy atom. The average Bonchev–Trinajstić information content (AvgIpc) is 3.34. The van der Waals surface area contributed by atoms with E-state index in [-0.39, 0.29) is 5.91 Å². The Bertz CT molecular complexity index is 837. The van der Waals surface area contributed by atoms with E-state index in [1.54, 1.807) is 7.11 Å². The first-order valence-electron chi connectivity index (χ1n) is 10.2. The maximum absolute atomic E-state index is 13.0. The molecule has 0 radical (unpaired) electrons. The van der Waals surface area contributed by atoms with Crippen LogP contribution in [0.4, 0.5) is 0 Å². The molecule has 0 spiro atoms. The highest BCUT2D eigenvalue weighted by Gasteiger charge is 2.35. The minimum absolute atomic E-state index is 0.0993. The number of carbonyl (C=O) groups is 1. The van der Waals surface area contributed by atoms with Crippen LogP contribution >= 0.6 is 0 Å². The number of hydrogen-bond donors (Lipinski definition) is 0. The van der Waals surface area contributed by atoms with Gasteiger partial charge >= 0.3 is 0 Å². The van der Waals surface area contributed by atoms with Gasteiger partial charge in [-0.05, 0) is 24.8 Å². The van der Waals surface area contributed by atoms with E-state index in [1.807, 2.05) is 29.3 Å². The van der Waals surface area contributed by atoms with Gasteiger partial charge in [0.1, 0.15) is 5.82 Å². The van der Waals surface area contributed by atoms with Gasteiger partial charge < -0.3 is 18.9 Å². The number of nitrogens with zero attached hydrogens (tertiary/aromatic N) is 3. The average molecular weight is 383 g/mol. The third-order valence-corrected chi connectivity index (χ3v) is 5.87. The number of benzene rings is 1. The van der Waals surface area contributed by atoms with Gasteiger partial charge in [-0.25, -0.2) is 4.98 Å². The summed E-state index contributed by atoms with van der Waals surface area (Å²) in [6, 6.07) is 5.83. The quantitative estimate of drug-likeness (QED) is 0.795. The molecule has 2 aromatic rings. The smallest absolute Gasteiger partial charge is 0.263 e. The van der Waals surface area contributed by atoms with Gasteiger partial charge in [0.05, 0.1) is 7.11 Å². The number of methoxy groups -OCH3 is 1. The molecule has 2 aliphatic rings. The number of rotatable bonds is 5. The molecule has 1 atom stereocenters. The highest BCUT2D eigenvalue weighted by Crippen LogP contribution is 2.38. The van der Waals surface area contributed by atoms with E-state index in [1.165, 1.54) is 0 Å². The van der Waals surface area contributed by atoms with Gasteiger partial charge in [0.25, 0.3) is 5.91 Å². The summed E-state index contributed by atoms with van der Waals surface area (Å²) in [6.07, 6.45) is 6.19. The van der Waals surface area contributed by atoms with E-state index in [0.717, 1.165) is 49.6 Å². The van der Waals surface area contributed by atoms with E-state index in [0.29, 0.717) is 24.0 Å². The number of imidazole rings is 1. The lowest BCUT2D eigenvalue weighted by molar-refractivity contribution is -0.139. The van der Waals surface area contributed by atoms with Crippen LogP contribution in [-0.2, 0) is 17.8 Å². The van der Waals surface area contributed by atoms with Crippen molar-refractivity contribution in [2.24, 2.45) is 5.92 Å². The van der Waals surface area contributed by atoms with Crippen LogP contribution in [0, 0.1) is 5.92 Å². The van der Waals surface area contributed by atoms with Crippen LogP contribution in [0.25, 0.3) is 0 Å². The summed E-state index contributed by atoms with van der Waals surface area (Å²) in [5.74, 6) is 3.67. The van der Waals surface area contributed by atoms with Crippen LogP contribution in [0.2, 0.25) is 0 Å². The van der Waals surface area contributed by atoms with Crippen molar-refractivity contribution < 1.29 is 14.3 Å². The highest BCUT2D eigenvalue weighted by atomic mass is 16.5. The Kier molecular flexibility index (Phi) is 5.29. The lowest BCUT2D eigenvalue weighted by Crippen LogP contribution is -2.45. The second-order valence-electron chi connectivity index (χ2n) is 8.12. The minimum atomic E-state index is -0.427. The molecule has 3 heterocycles. The molecule has 0 saturated carbocycles. The van der Waals surface area contributed by atoms with E-state index in [2.05, 4.69) is 29.6 Å². The molecule has 150 valence electrons. The van der Waals surface area contributed by atoms with Crippen LogP contribution in [0.5, 0.6) is 11.5 Å². The molecule has 4 rings (SSSR count). The molecule has 1 unspecified atom stereocenters. The van der Waals surface area contributed by atoms with Gasteiger partial charge in [-0.1, -0.05) is 26.0 Å². The second kappa shape index (κ2) is 7.86. The number of piperidine rings is 1. The Labute approximate surface area is 166 Å². The zero-order chi connectivity index (χ0) is 19.7. The molecule has 1 amide bonds. The molecule has 28 heavy (non-hydrogen) atoms. The van der Waals surface area contributed by atoms with E-state index in [9.17, 15) is 4.79 Å². The Morgan fingerprint density at radius 3 is 2.82 bits per heavy atom. The van der Waals surface area contributed by atoms with Crippen LogP contribution in [0.1, 0.15) is 44.0 Å². The molecule has 1 aromatic carbocycles. The van der Waals surface area contributed by atoms with Crippen molar-refractivity contribution in [3.63, 3.8) is 0 Å². The number of amides is 1. The molecule has 2 aliphatic heterocycles. The maximum Gasteiger partial charge on any atom is 0.263 e. The van der Waals surface area contributed by atoms with Crippen LogP contribution < -0.4 is 9.47 Å². The summed E-state index contributed by atoms with van der Waals surface area (Å²) in [6.45, 7) is 6.92. The first-order chi connectivity index (χ1) is 13.6. The third kappa shape index (κ3) is 3.60. The summed E-state index contributed by atoms with van der Waals surface area (Å²) in [5.41, 5.74) is 1.05. The van der Waals surface area contributed by atoms with Crippen molar-refractivity contribution in [1.29, 1.82) is 0 Å². The molecular formula is C22H29N3O3. The predicted molar refractivity (Wildman–Crippen MR) is 107 cm³/mol. The topological polar surface area (TPSA) is 56.6 Å². The summed E-state index contributed by atoms with van der Waals surface area (Å²) in [4.78, 5) is 19.4. The fraction of sp³-hybridized carbons (Fsp3) is 0.545. The fourth-order valence-electron chi connectivity index (χ4n) is 4.33. The van der Waals surface area contributed by atoms with Gasteiger partial charge in [-0.15, -0.1) is 0 Å². The van der Waals surface area contributed by atoms with Gasteiger partial charge in [0, 0.05) is 49.9 Å². The number of ether oxygens (including phenoxy) is 2. The predicted octanol–water partition coefficient (Wildman–Crippen LogP) is 3.26.